The number of anilines is 1. The Kier molecular flexibility index (Phi) is 5.37. The summed E-state index contributed by atoms with van der Waals surface area (Å²) in [6.07, 6.45) is 8.46. The molecule has 2 heterocycles. The fourth-order valence-corrected chi connectivity index (χ4v) is 4.22. The van der Waals surface area contributed by atoms with Gasteiger partial charge in [-0.2, -0.15) is 0 Å². The highest BCUT2D eigenvalue weighted by Crippen LogP contribution is 2.24. The van der Waals surface area contributed by atoms with Crippen molar-refractivity contribution < 1.29 is 4.79 Å². The van der Waals surface area contributed by atoms with Gasteiger partial charge in [-0.3, -0.25) is 4.79 Å². The van der Waals surface area contributed by atoms with Crippen LogP contribution < -0.4 is 4.90 Å². The lowest BCUT2D eigenvalue weighted by Crippen LogP contribution is -2.38. The van der Waals surface area contributed by atoms with Gasteiger partial charge in [-0.1, -0.05) is 31.4 Å². The molecular weight excluding hydrogens is 336 g/mol. The minimum Gasteiger partial charge on any atom is -0.355 e. The first-order valence-electron chi connectivity index (χ1n) is 10.2. The van der Waals surface area contributed by atoms with E-state index in [4.69, 9.17) is 0 Å². The molecule has 2 aliphatic rings. The predicted molar refractivity (Wildman–Crippen MR) is 108 cm³/mol. The molecule has 0 unspecified atom stereocenters. The Bertz CT molecular complexity index is 760. The third kappa shape index (κ3) is 3.97. The molecule has 1 saturated heterocycles. The van der Waals surface area contributed by atoms with Gasteiger partial charge in [-0.05, 0) is 49.9 Å². The molecule has 2 fully saturated rings. The van der Waals surface area contributed by atoms with Crippen molar-refractivity contribution in [2.75, 3.05) is 25.0 Å². The molecule has 1 aliphatic carbocycles. The Morgan fingerprint density at radius 1 is 0.926 bits per heavy atom. The molecule has 1 saturated carbocycles. The fourth-order valence-electron chi connectivity index (χ4n) is 4.22. The number of rotatable bonds is 4. The van der Waals surface area contributed by atoms with Crippen LogP contribution >= 0.6 is 0 Å². The monoisotopic (exact) mass is 364 g/mol. The number of benzene rings is 1. The van der Waals surface area contributed by atoms with Gasteiger partial charge in [0.2, 0.25) is 0 Å². The van der Waals surface area contributed by atoms with E-state index in [1.165, 1.54) is 32.1 Å². The zero-order valence-electron chi connectivity index (χ0n) is 16.1. The van der Waals surface area contributed by atoms with Gasteiger partial charge in [-0.25, -0.2) is 0 Å². The molecule has 0 bridgehead atoms. The van der Waals surface area contributed by atoms with Crippen LogP contribution in [0.4, 0.5) is 5.82 Å². The summed E-state index contributed by atoms with van der Waals surface area (Å²) in [5.41, 5.74) is 2.58. The quantitative estimate of drug-likeness (QED) is 0.818. The molecule has 0 spiro atoms. The van der Waals surface area contributed by atoms with Crippen LogP contribution in [0, 0.1) is 0 Å². The number of hydrogen-bond donors (Lipinski definition) is 0. The summed E-state index contributed by atoms with van der Waals surface area (Å²) in [6.45, 7) is 2.14. The molecular formula is C22H28N4O. The number of aromatic nitrogens is 2. The number of hydrogen-bond acceptors (Lipinski definition) is 4. The van der Waals surface area contributed by atoms with Gasteiger partial charge >= 0.3 is 0 Å². The van der Waals surface area contributed by atoms with E-state index in [9.17, 15) is 4.79 Å². The maximum Gasteiger partial charge on any atom is 0.253 e. The second-order valence-electron chi connectivity index (χ2n) is 7.76. The van der Waals surface area contributed by atoms with Gasteiger partial charge in [0.1, 0.15) is 0 Å². The average Bonchev–Trinajstić information content (AvgIpc) is 3.28. The van der Waals surface area contributed by atoms with Gasteiger partial charge in [0, 0.05) is 37.3 Å². The van der Waals surface area contributed by atoms with Crippen LogP contribution in [0.3, 0.4) is 0 Å². The van der Waals surface area contributed by atoms with Crippen LogP contribution in [0.15, 0.2) is 36.4 Å². The van der Waals surface area contributed by atoms with Crippen LogP contribution in [-0.2, 0) is 0 Å². The lowest BCUT2D eigenvalue weighted by Gasteiger charge is -2.31. The van der Waals surface area contributed by atoms with Crippen LogP contribution in [-0.4, -0.2) is 47.2 Å². The first kappa shape index (κ1) is 18.0. The van der Waals surface area contributed by atoms with Crippen molar-refractivity contribution in [3.05, 3.63) is 42.0 Å². The Morgan fingerprint density at radius 2 is 1.63 bits per heavy atom. The van der Waals surface area contributed by atoms with Gasteiger partial charge in [0.15, 0.2) is 5.82 Å². The standard InChI is InChI=1S/C22H28N4O/c1-25(19-7-3-2-4-8-19)22(27)18-11-9-17(10-12-18)20-13-14-21(24-23-20)26-15-5-6-16-26/h9-14,19H,2-8,15-16H2,1H3. The molecule has 27 heavy (non-hydrogen) atoms. The van der Waals surface area contributed by atoms with E-state index in [0.29, 0.717) is 6.04 Å². The summed E-state index contributed by atoms with van der Waals surface area (Å²) in [5.74, 6) is 1.07. The van der Waals surface area contributed by atoms with E-state index in [0.717, 1.165) is 48.6 Å². The molecule has 0 radical (unpaired) electrons. The lowest BCUT2D eigenvalue weighted by atomic mass is 9.94. The van der Waals surface area contributed by atoms with Crippen LogP contribution in [0.1, 0.15) is 55.3 Å². The topological polar surface area (TPSA) is 49.3 Å². The Labute approximate surface area is 161 Å². The Morgan fingerprint density at radius 3 is 2.26 bits per heavy atom. The van der Waals surface area contributed by atoms with Crippen molar-refractivity contribution in [2.24, 2.45) is 0 Å². The zero-order valence-corrected chi connectivity index (χ0v) is 16.1. The van der Waals surface area contributed by atoms with Gasteiger partial charge in [-0.15, -0.1) is 10.2 Å². The molecule has 5 nitrogen and oxygen atoms in total. The van der Waals surface area contributed by atoms with Crippen LogP contribution in [0.25, 0.3) is 11.3 Å². The van der Waals surface area contributed by atoms with Crippen molar-refractivity contribution in [1.29, 1.82) is 0 Å². The second-order valence-corrected chi connectivity index (χ2v) is 7.76. The third-order valence-electron chi connectivity index (χ3n) is 5.95. The van der Waals surface area contributed by atoms with E-state index in [-0.39, 0.29) is 5.91 Å². The summed E-state index contributed by atoms with van der Waals surface area (Å²) in [5, 5.41) is 8.77. The SMILES string of the molecule is CN(C(=O)c1ccc(-c2ccc(N3CCCC3)nn2)cc1)C1CCCCC1. The first-order chi connectivity index (χ1) is 13.2. The average molecular weight is 364 g/mol. The molecule has 1 aromatic carbocycles. The maximum absolute atomic E-state index is 12.8. The van der Waals surface area contributed by atoms with Gasteiger partial charge in [0.05, 0.1) is 5.69 Å². The zero-order chi connectivity index (χ0) is 18.6. The highest BCUT2D eigenvalue weighted by molar-refractivity contribution is 5.94. The minimum absolute atomic E-state index is 0.115. The number of amides is 1. The van der Waals surface area contributed by atoms with Crippen molar-refractivity contribution in [1.82, 2.24) is 15.1 Å². The van der Waals surface area contributed by atoms with E-state index in [1.54, 1.807) is 0 Å². The number of carbonyl (C=O) groups excluding carboxylic acids is 1. The molecule has 1 aromatic heterocycles. The maximum atomic E-state index is 12.8. The second kappa shape index (κ2) is 8.07. The predicted octanol–water partition coefficient (Wildman–Crippen LogP) is 4.15. The van der Waals surface area contributed by atoms with E-state index >= 15 is 0 Å². The van der Waals surface area contributed by atoms with Crippen molar-refractivity contribution in [3.8, 4) is 11.3 Å². The van der Waals surface area contributed by atoms with Crippen LogP contribution in [0.5, 0.6) is 0 Å². The molecule has 5 heteroatoms. The normalized spacial score (nSPS) is 17.9. The lowest BCUT2D eigenvalue weighted by molar-refractivity contribution is 0.0696. The highest BCUT2D eigenvalue weighted by atomic mass is 16.2. The van der Waals surface area contributed by atoms with Crippen molar-refractivity contribution in [2.45, 2.75) is 51.0 Å². The van der Waals surface area contributed by atoms with Crippen molar-refractivity contribution >= 4 is 11.7 Å². The molecule has 0 N–H and O–H groups in total. The van der Waals surface area contributed by atoms with Gasteiger partial charge < -0.3 is 9.80 Å². The third-order valence-corrected chi connectivity index (χ3v) is 5.95. The summed E-state index contributed by atoms with van der Waals surface area (Å²) in [7, 11) is 1.94. The Balaban J connectivity index is 1.44. The van der Waals surface area contributed by atoms with Crippen LogP contribution in [0.2, 0.25) is 0 Å². The van der Waals surface area contributed by atoms with E-state index in [1.807, 2.05) is 48.3 Å². The van der Waals surface area contributed by atoms with Gasteiger partial charge in [0.25, 0.3) is 5.91 Å². The summed E-state index contributed by atoms with van der Waals surface area (Å²) < 4.78 is 0. The highest BCUT2D eigenvalue weighted by Gasteiger charge is 2.23. The largest absolute Gasteiger partial charge is 0.355 e. The number of nitrogens with zero attached hydrogens (tertiary/aromatic N) is 4. The Hall–Kier alpha value is -2.43. The molecule has 0 atom stereocenters. The minimum atomic E-state index is 0.115. The van der Waals surface area contributed by atoms with Crippen molar-refractivity contribution in [3.63, 3.8) is 0 Å². The first-order valence-corrected chi connectivity index (χ1v) is 10.2. The van der Waals surface area contributed by atoms with E-state index < -0.39 is 0 Å². The fraction of sp³-hybridized carbons (Fsp3) is 0.500. The molecule has 142 valence electrons. The molecule has 2 aromatic rings. The molecule has 1 aliphatic heterocycles. The van der Waals surface area contributed by atoms with E-state index in [2.05, 4.69) is 15.1 Å². The summed E-state index contributed by atoms with van der Waals surface area (Å²) in [6, 6.07) is 12.2. The summed E-state index contributed by atoms with van der Waals surface area (Å²) >= 11 is 0. The smallest absolute Gasteiger partial charge is 0.253 e. The molecule has 1 amide bonds. The number of carbonyl (C=O) groups is 1. The molecule has 4 rings (SSSR count). The summed E-state index contributed by atoms with van der Waals surface area (Å²) in [4.78, 5) is 17.0.